The van der Waals surface area contributed by atoms with E-state index in [1.807, 2.05) is 0 Å². The molecule has 1 aliphatic rings. The molecule has 5 nitrogen and oxygen atoms in total. The van der Waals surface area contributed by atoms with Gasteiger partial charge in [-0.2, -0.15) is 5.26 Å². The first-order chi connectivity index (χ1) is 12.5. The normalized spacial score (nSPS) is 15.2. The number of esters is 1. The Labute approximate surface area is 154 Å². The number of ether oxygens (including phenoxy) is 1. The zero-order valence-electron chi connectivity index (χ0n) is 14.0. The second-order valence-electron chi connectivity index (χ2n) is 6.20. The fourth-order valence-corrected chi connectivity index (χ4v) is 3.87. The van der Waals surface area contributed by atoms with Crippen molar-refractivity contribution in [3.63, 3.8) is 0 Å². The largest absolute Gasteiger partial charge is 0.451 e. The van der Waals surface area contributed by atoms with Crippen LogP contribution in [0.25, 0.3) is 10.4 Å². The molecule has 1 aromatic carbocycles. The molecule has 1 aliphatic carbocycles. The van der Waals surface area contributed by atoms with Crippen molar-refractivity contribution >= 4 is 23.2 Å². The average molecular weight is 372 g/mol. The van der Waals surface area contributed by atoms with Crippen LogP contribution in [0.5, 0.6) is 0 Å². The predicted octanol–water partition coefficient (Wildman–Crippen LogP) is 3.66. The Morgan fingerprint density at radius 1 is 1.19 bits per heavy atom. The summed E-state index contributed by atoms with van der Waals surface area (Å²) in [5.41, 5.74) is -0.0345. The van der Waals surface area contributed by atoms with Crippen molar-refractivity contribution in [2.75, 3.05) is 6.61 Å². The van der Waals surface area contributed by atoms with Crippen molar-refractivity contribution in [2.24, 2.45) is 0 Å². The lowest BCUT2D eigenvalue weighted by molar-refractivity contribution is -0.125. The number of carbonyl (C=O) groups excluding carboxylic acids is 2. The molecule has 0 spiro atoms. The molecular formula is C19H17FN2O3S. The number of hydrogen-bond donors (Lipinski definition) is 1. The van der Waals surface area contributed by atoms with Gasteiger partial charge in [-0.05, 0) is 55.5 Å². The molecule has 2 aromatic rings. The molecule has 0 bridgehead atoms. The van der Waals surface area contributed by atoms with Crippen molar-refractivity contribution < 1.29 is 18.7 Å². The van der Waals surface area contributed by atoms with Crippen LogP contribution >= 0.6 is 11.3 Å². The highest BCUT2D eigenvalue weighted by atomic mass is 32.1. The minimum atomic E-state index is -0.831. The van der Waals surface area contributed by atoms with Gasteiger partial charge in [0.2, 0.25) is 0 Å². The smallest absolute Gasteiger partial charge is 0.348 e. The fraction of sp³-hybridized carbons (Fsp3) is 0.316. The number of nitrogens with zero attached hydrogens (tertiary/aromatic N) is 1. The summed E-state index contributed by atoms with van der Waals surface area (Å²) >= 11 is 1.21. The number of thiophene rings is 1. The van der Waals surface area contributed by atoms with Crippen LogP contribution in [0.15, 0.2) is 36.4 Å². The number of carbonyl (C=O) groups is 2. The number of benzene rings is 1. The zero-order valence-corrected chi connectivity index (χ0v) is 14.8. The third-order valence-electron chi connectivity index (χ3n) is 4.32. The molecule has 3 rings (SSSR count). The van der Waals surface area contributed by atoms with Crippen molar-refractivity contribution in [3.05, 3.63) is 47.1 Å². The summed E-state index contributed by atoms with van der Waals surface area (Å²) < 4.78 is 18.0. The highest BCUT2D eigenvalue weighted by Gasteiger charge is 2.35. The summed E-state index contributed by atoms with van der Waals surface area (Å²) in [5, 5.41) is 11.9. The van der Waals surface area contributed by atoms with Crippen LogP contribution in [0.3, 0.4) is 0 Å². The van der Waals surface area contributed by atoms with Crippen molar-refractivity contribution in [1.82, 2.24) is 5.32 Å². The molecule has 1 amide bonds. The molecule has 0 aliphatic heterocycles. The first-order valence-electron chi connectivity index (χ1n) is 8.26. The van der Waals surface area contributed by atoms with Gasteiger partial charge < -0.3 is 10.1 Å². The molecule has 1 saturated carbocycles. The number of nitriles is 1. The standard InChI is InChI=1S/C19H17FN2O3S/c20-14-5-3-13(4-6-14)15-7-8-16(26-15)18(24)25-11-17(23)22-19(12-21)9-1-2-10-19/h3-8H,1-2,9-11H2,(H,22,23). The maximum Gasteiger partial charge on any atom is 0.348 e. The third kappa shape index (κ3) is 4.09. The van der Waals surface area contributed by atoms with Gasteiger partial charge in [0.1, 0.15) is 16.2 Å². The van der Waals surface area contributed by atoms with Crippen molar-refractivity contribution in [2.45, 2.75) is 31.2 Å². The van der Waals surface area contributed by atoms with E-state index in [1.165, 1.54) is 23.5 Å². The summed E-state index contributed by atoms with van der Waals surface area (Å²) in [7, 11) is 0. The molecule has 1 fully saturated rings. The maximum absolute atomic E-state index is 13.0. The summed E-state index contributed by atoms with van der Waals surface area (Å²) in [6, 6.07) is 11.5. The average Bonchev–Trinajstić information content (AvgIpc) is 3.30. The zero-order chi connectivity index (χ0) is 18.6. The van der Waals surface area contributed by atoms with Gasteiger partial charge in [0, 0.05) is 4.88 Å². The van der Waals surface area contributed by atoms with E-state index in [4.69, 9.17) is 4.74 Å². The van der Waals surface area contributed by atoms with Gasteiger partial charge in [0.25, 0.3) is 5.91 Å². The van der Waals surface area contributed by atoms with Gasteiger partial charge in [-0.3, -0.25) is 4.79 Å². The number of nitrogens with one attached hydrogen (secondary N) is 1. The van der Waals surface area contributed by atoms with Crippen molar-refractivity contribution in [3.8, 4) is 16.5 Å². The lowest BCUT2D eigenvalue weighted by Crippen LogP contribution is -2.46. The maximum atomic E-state index is 13.0. The van der Waals surface area contributed by atoms with Crippen LogP contribution < -0.4 is 5.32 Å². The van der Waals surface area contributed by atoms with E-state index >= 15 is 0 Å². The second kappa shape index (κ2) is 7.67. The van der Waals surface area contributed by atoms with E-state index < -0.39 is 24.0 Å². The topological polar surface area (TPSA) is 79.2 Å². The number of rotatable bonds is 5. The Morgan fingerprint density at radius 2 is 1.88 bits per heavy atom. The summed E-state index contributed by atoms with van der Waals surface area (Å²) in [4.78, 5) is 25.3. The molecule has 0 unspecified atom stereocenters. The van der Waals surface area contributed by atoms with Crippen LogP contribution in [0.2, 0.25) is 0 Å². The Balaban J connectivity index is 1.56. The Bertz CT molecular complexity index is 848. The van der Waals surface area contributed by atoms with Crippen LogP contribution in [0.4, 0.5) is 4.39 Å². The molecule has 1 heterocycles. The van der Waals surface area contributed by atoms with Gasteiger partial charge in [0.05, 0.1) is 6.07 Å². The molecule has 0 radical (unpaired) electrons. The van der Waals surface area contributed by atoms with Crippen molar-refractivity contribution in [1.29, 1.82) is 5.26 Å². The van der Waals surface area contributed by atoms with Gasteiger partial charge in [0.15, 0.2) is 6.61 Å². The van der Waals surface area contributed by atoms with E-state index in [0.29, 0.717) is 17.7 Å². The van der Waals surface area contributed by atoms with Crippen LogP contribution in [-0.2, 0) is 9.53 Å². The third-order valence-corrected chi connectivity index (χ3v) is 5.43. The molecule has 1 aromatic heterocycles. The lowest BCUT2D eigenvalue weighted by Gasteiger charge is -2.21. The van der Waals surface area contributed by atoms with E-state index in [9.17, 15) is 19.2 Å². The van der Waals surface area contributed by atoms with E-state index in [0.717, 1.165) is 23.3 Å². The summed E-state index contributed by atoms with van der Waals surface area (Å²) in [6.07, 6.45) is 3.04. The number of amides is 1. The molecule has 134 valence electrons. The highest BCUT2D eigenvalue weighted by molar-refractivity contribution is 7.17. The summed E-state index contributed by atoms with van der Waals surface area (Å²) in [5.74, 6) is -1.40. The molecule has 7 heteroatoms. The molecular weight excluding hydrogens is 355 g/mol. The van der Waals surface area contributed by atoms with Gasteiger partial charge >= 0.3 is 5.97 Å². The van der Waals surface area contributed by atoms with E-state index in [2.05, 4.69) is 11.4 Å². The Hall–Kier alpha value is -2.72. The fourth-order valence-electron chi connectivity index (χ4n) is 2.97. The van der Waals surface area contributed by atoms with Crippen LogP contribution in [0, 0.1) is 17.1 Å². The minimum absolute atomic E-state index is 0.326. The molecule has 0 saturated heterocycles. The van der Waals surface area contributed by atoms with Gasteiger partial charge in [-0.15, -0.1) is 11.3 Å². The molecule has 26 heavy (non-hydrogen) atoms. The Kier molecular flexibility index (Phi) is 5.33. The number of hydrogen-bond acceptors (Lipinski definition) is 5. The summed E-state index contributed by atoms with van der Waals surface area (Å²) in [6.45, 7) is -0.425. The van der Waals surface area contributed by atoms with Gasteiger partial charge in [-0.1, -0.05) is 12.1 Å². The van der Waals surface area contributed by atoms with Gasteiger partial charge in [-0.25, -0.2) is 9.18 Å². The predicted molar refractivity (Wildman–Crippen MR) is 95.0 cm³/mol. The monoisotopic (exact) mass is 372 g/mol. The lowest BCUT2D eigenvalue weighted by atomic mass is 10.00. The molecule has 1 N–H and O–H groups in total. The van der Waals surface area contributed by atoms with Crippen LogP contribution in [-0.4, -0.2) is 24.0 Å². The molecule has 0 atom stereocenters. The minimum Gasteiger partial charge on any atom is -0.451 e. The van der Waals surface area contributed by atoms with Crippen LogP contribution in [0.1, 0.15) is 35.4 Å². The SMILES string of the molecule is N#CC1(NC(=O)COC(=O)c2ccc(-c3ccc(F)cc3)s2)CCCC1. The highest BCUT2D eigenvalue weighted by Crippen LogP contribution is 2.29. The quantitative estimate of drug-likeness (QED) is 0.813. The van der Waals surface area contributed by atoms with E-state index in [1.54, 1.807) is 24.3 Å². The number of halogens is 1. The van der Waals surface area contributed by atoms with E-state index in [-0.39, 0.29) is 5.82 Å². The second-order valence-corrected chi connectivity index (χ2v) is 7.28. The Morgan fingerprint density at radius 3 is 2.54 bits per heavy atom. The first kappa shape index (κ1) is 18.1. The first-order valence-corrected chi connectivity index (χ1v) is 9.08.